The number of sulfonamides is 1. The molecule has 1 N–H and O–H groups in total. The number of benzene rings is 1. The van der Waals surface area contributed by atoms with Crippen LogP contribution in [0.4, 0.5) is 5.69 Å². The summed E-state index contributed by atoms with van der Waals surface area (Å²) >= 11 is 0. The molecule has 0 radical (unpaired) electrons. The number of hydrogen-bond donors (Lipinski definition) is 1. The van der Waals surface area contributed by atoms with Crippen LogP contribution in [0.25, 0.3) is 0 Å². The maximum Gasteiger partial charge on any atom is 0.232 e. The Morgan fingerprint density at radius 3 is 2.68 bits per heavy atom. The summed E-state index contributed by atoms with van der Waals surface area (Å²) in [5.41, 5.74) is 0.527. The molecule has 0 aliphatic carbocycles. The van der Waals surface area contributed by atoms with Gasteiger partial charge in [-0.1, -0.05) is 6.07 Å². The Balaban J connectivity index is 2.51. The molecule has 0 aromatic heterocycles. The first-order valence-electron chi connectivity index (χ1n) is 8.34. The Labute approximate surface area is 150 Å². The predicted molar refractivity (Wildman–Crippen MR) is 98.5 cm³/mol. The molecular formula is C17H28N2O5S. The summed E-state index contributed by atoms with van der Waals surface area (Å²) in [4.78, 5) is 11.8. The molecule has 0 aliphatic rings. The van der Waals surface area contributed by atoms with E-state index in [2.05, 4.69) is 5.32 Å². The monoisotopic (exact) mass is 372 g/mol. The number of rotatable bonds is 12. The number of amides is 1. The summed E-state index contributed by atoms with van der Waals surface area (Å²) in [5.74, 6) is 0.494. The molecular weight excluding hydrogens is 344 g/mol. The summed E-state index contributed by atoms with van der Waals surface area (Å²) in [5, 5.41) is 2.81. The molecule has 142 valence electrons. The third-order valence-electron chi connectivity index (χ3n) is 3.50. The van der Waals surface area contributed by atoms with Gasteiger partial charge in [-0.15, -0.1) is 0 Å². The second-order valence-corrected chi connectivity index (χ2v) is 7.45. The maximum atomic E-state index is 12.1. The molecule has 1 aromatic rings. The van der Waals surface area contributed by atoms with Crippen molar-refractivity contribution < 1.29 is 22.7 Å². The minimum Gasteiger partial charge on any atom is -0.497 e. The lowest BCUT2D eigenvalue weighted by Crippen LogP contribution is -2.32. The number of nitrogens with one attached hydrogen (secondary N) is 1. The van der Waals surface area contributed by atoms with Gasteiger partial charge in [-0.3, -0.25) is 9.10 Å². The Kier molecular flexibility index (Phi) is 9.30. The Morgan fingerprint density at radius 1 is 1.28 bits per heavy atom. The molecule has 7 nitrogen and oxygen atoms in total. The zero-order valence-corrected chi connectivity index (χ0v) is 16.0. The number of carbonyl (C=O) groups is 1. The fraction of sp³-hybridized carbons (Fsp3) is 0.588. The zero-order valence-electron chi connectivity index (χ0n) is 15.2. The minimum absolute atomic E-state index is 0.0874. The van der Waals surface area contributed by atoms with Crippen LogP contribution in [0.2, 0.25) is 0 Å². The van der Waals surface area contributed by atoms with Gasteiger partial charge >= 0.3 is 0 Å². The predicted octanol–water partition coefficient (Wildman–Crippen LogP) is 1.78. The van der Waals surface area contributed by atoms with E-state index < -0.39 is 10.0 Å². The molecule has 0 saturated heterocycles. The van der Waals surface area contributed by atoms with E-state index in [1.165, 1.54) is 11.4 Å². The second kappa shape index (κ2) is 10.9. The van der Waals surface area contributed by atoms with Crippen molar-refractivity contribution in [1.29, 1.82) is 0 Å². The van der Waals surface area contributed by atoms with Crippen LogP contribution in [0.5, 0.6) is 5.75 Å². The van der Waals surface area contributed by atoms with Gasteiger partial charge < -0.3 is 14.8 Å². The van der Waals surface area contributed by atoms with Crippen molar-refractivity contribution in [3.05, 3.63) is 24.3 Å². The van der Waals surface area contributed by atoms with Crippen molar-refractivity contribution in [1.82, 2.24) is 5.32 Å². The number of ether oxygens (including phenoxy) is 2. The SMILES string of the molecule is CCOCCCNC(=O)CCCN(c1cccc(OC)c1)S(C)(=O)=O. The summed E-state index contributed by atoms with van der Waals surface area (Å²) in [6.45, 7) is 4.01. The number of carbonyl (C=O) groups excluding carboxylic acids is 1. The van der Waals surface area contributed by atoms with Gasteiger partial charge in [0.15, 0.2) is 0 Å². The molecule has 0 aliphatic heterocycles. The smallest absolute Gasteiger partial charge is 0.232 e. The van der Waals surface area contributed by atoms with Crippen LogP contribution in [0.1, 0.15) is 26.2 Å². The highest BCUT2D eigenvalue weighted by atomic mass is 32.2. The first-order chi connectivity index (χ1) is 11.9. The van der Waals surface area contributed by atoms with Gasteiger partial charge in [0.1, 0.15) is 5.75 Å². The molecule has 1 rings (SSSR count). The molecule has 1 amide bonds. The normalized spacial score (nSPS) is 11.2. The lowest BCUT2D eigenvalue weighted by Gasteiger charge is -2.22. The quantitative estimate of drug-likeness (QED) is 0.566. The lowest BCUT2D eigenvalue weighted by atomic mass is 10.2. The van der Waals surface area contributed by atoms with Gasteiger partial charge in [0, 0.05) is 38.8 Å². The Morgan fingerprint density at radius 2 is 2.04 bits per heavy atom. The van der Waals surface area contributed by atoms with Gasteiger partial charge in [0.25, 0.3) is 0 Å². The number of methoxy groups -OCH3 is 1. The van der Waals surface area contributed by atoms with Crippen LogP contribution in [-0.2, 0) is 19.6 Å². The van der Waals surface area contributed by atoms with Crippen LogP contribution in [0, 0.1) is 0 Å². The highest BCUT2D eigenvalue weighted by Gasteiger charge is 2.18. The van der Waals surface area contributed by atoms with Crippen molar-refractivity contribution in [3.8, 4) is 5.75 Å². The molecule has 0 bridgehead atoms. The van der Waals surface area contributed by atoms with Crippen LogP contribution in [-0.4, -0.2) is 54.0 Å². The molecule has 0 unspecified atom stereocenters. The van der Waals surface area contributed by atoms with Crippen LogP contribution < -0.4 is 14.4 Å². The van der Waals surface area contributed by atoms with E-state index in [0.29, 0.717) is 37.6 Å². The largest absolute Gasteiger partial charge is 0.497 e. The number of nitrogens with zero attached hydrogens (tertiary/aromatic N) is 1. The number of anilines is 1. The van der Waals surface area contributed by atoms with Crippen LogP contribution in [0.15, 0.2) is 24.3 Å². The minimum atomic E-state index is -3.44. The van der Waals surface area contributed by atoms with E-state index in [1.807, 2.05) is 6.92 Å². The van der Waals surface area contributed by atoms with Crippen molar-refractivity contribution in [2.45, 2.75) is 26.2 Å². The van der Waals surface area contributed by atoms with Crippen molar-refractivity contribution >= 4 is 21.6 Å². The molecule has 8 heteroatoms. The van der Waals surface area contributed by atoms with E-state index in [0.717, 1.165) is 12.7 Å². The van der Waals surface area contributed by atoms with E-state index >= 15 is 0 Å². The van der Waals surface area contributed by atoms with E-state index in [1.54, 1.807) is 24.3 Å². The van der Waals surface area contributed by atoms with E-state index in [9.17, 15) is 13.2 Å². The molecule has 1 aromatic carbocycles. The summed E-state index contributed by atoms with van der Waals surface area (Å²) < 4.78 is 35.7. The van der Waals surface area contributed by atoms with Crippen molar-refractivity contribution in [2.75, 3.05) is 44.0 Å². The third-order valence-corrected chi connectivity index (χ3v) is 4.69. The maximum absolute atomic E-state index is 12.1. The molecule has 25 heavy (non-hydrogen) atoms. The van der Waals surface area contributed by atoms with Crippen LogP contribution >= 0.6 is 0 Å². The molecule has 0 fully saturated rings. The fourth-order valence-electron chi connectivity index (χ4n) is 2.27. The standard InChI is InChI=1S/C17H28N2O5S/c1-4-24-13-7-11-18-17(20)10-6-12-19(25(3,21)22)15-8-5-9-16(14-15)23-2/h5,8-9,14H,4,6-7,10-13H2,1-3H3,(H,18,20). The highest BCUT2D eigenvalue weighted by Crippen LogP contribution is 2.23. The average Bonchev–Trinajstić information content (AvgIpc) is 2.57. The fourth-order valence-corrected chi connectivity index (χ4v) is 3.23. The first kappa shape index (κ1) is 21.2. The van der Waals surface area contributed by atoms with E-state index in [4.69, 9.17) is 9.47 Å². The lowest BCUT2D eigenvalue weighted by molar-refractivity contribution is -0.121. The topological polar surface area (TPSA) is 84.9 Å². The van der Waals surface area contributed by atoms with Gasteiger partial charge in [-0.05, 0) is 31.9 Å². The van der Waals surface area contributed by atoms with Crippen LogP contribution in [0.3, 0.4) is 0 Å². The first-order valence-corrected chi connectivity index (χ1v) is 10.2. The molecule has 0 spiro atoms. The second-order valence-electron chi connectivity index (χ2n) is 5.54. The molecule has 0 saturated carbocycles. The summed E-state index contributed by atoms with van der Waals surface area (Å²) in [6.07, 6.45) is 2.62. The van der Waals surface area contributed by atoms with Crippen molar-refractivity contribution in [2.24, 2.45) is 0 Å². The molecule has 0 atom stereocenters. The summed E-state index contributed by atoms with van der Waals surface area (Å²) in [7, 11) is -1.91. The number of hydrogen-bond acceptors (Lipinski definition) is 5. The van der Waals surface area contributed by atoms with Crippen molar-refractivity contribution in [3.63, 3.8) is 0 Å². The Hall–Kier alpha value is -1.80. The molecule has 0 heterocycles. The van der Waals surface area contributed by atoms with Gasteiger partial charge in [0.2, 0.25) is 15.9 Å². The summed E-state index contributed by atoms with van der Waals surface area (Å²) in [6, 6.07) is 6.85. The van der Waals surface area contributed by atoms with Gasteiger partial charge in [0.05, 0.1) is 19.1 Å². The third kappa shape index (κ3) is 8.22. The average molecular weight is 372 g/mol. The highest BCUT2D eigenvalue weighted by molar-refractivity contribution is 7.92. The van der Waals surface area contributed by atoms with Gasteiger partial charge in [-0.25, -0.2) is 8.42 Å². The van der Waals surface area contributed by atoms with E-state index in [-0.39, 0.29) is 18.9 Å². The van der Waals surface area contributed by atoms with Gasteiger partial charge in [-0.2, -0.15) is 0 Å². The Bertz CT molecular complexity index is 634. The zero-order chi connectivity index (χ0) is 18.7.